The molecular weight excluding hydrogens is 349 g/mol. The van der Waals surface area contributed by atoms with Crippen LogP contribution in [0.25, 0.3) is 10.8 Å². The van der Waals surface area contributed by atoms with Gasteiger partial charge in [0.2, 0.25) is 5.91 Å². The summed E-state index contributed by atoms with van der Waals surface area (Å²) in [6, 6.07) is 12.0. The molecule has 6 heteroatoms. The van der Waals surface area contributed by atoms with Crippen molar-refractivity contribution in [2.24, 2.45) is 0 Å². The van der Waals surface area contributed by atoms with E-state index in [1.807, 2.05) is 30.3 Å². The van der Waals surface area contributed by atoms with Crippen molar-refractivity contribution in [2.75, 3.05) is 11.1 Å². The third kappa shape index (κ3) is 6.50. The molecular formula is C18H20KNO3S. The molecule has 0 fully saturated rings. The number of benzene rings is 2. The van der Waals surface area contributed by atoms with Crippen LogP contribution in [0.4, 0.5) is 5.69 Å². The van der Waals surface area contributed by atoms with E-state index in [1.54, 1.807) is 11.8 Å². The van der Waals surface area contributed by atoms with Crippen LogP contribution in [0.5, 0.6) is 0 Å². The molecule has 0 unspecified atom stereocenters. The number of carboxylic acid groups (broad SMARTS) is 1. The Balaban J connectivity index is 0.00000288. The standard InChI is InChI=1S/C18H21NO3S.K/c1-2-12-23-15-11-10-13-6-3-4-7-14(13)18(15)19-16(20)8-5-9-17(21)22;/h3-4,6-7,10-11H,2,5,8-9,12H2,1H3,(H,19,20)(H,21,22);/q;+1/p-1. The monoisotopic (exact) mass is 369 g/mol. The van der Waals surface area contributed by atoms with Gasteiger partial charge in [-0.15, -0.1) is 11.8 Å². The SMILES string of the molecule is CCCSc1ccc2ccccc2c1NC(=O)CCCC(=O)[O-].[K+]. The summed E-state index contributed by atoms with van der Waals surface area (Å²) in [4.78, 5) is 23.6. The Kier molecular flexibility index (Phi) is 10.2. The molecule has 122 valence electrons. The van der Waals surface area contributed by atoms with Crippen molar-refractivity contribution in [3.63, 3.8) is 0 Å². The van der Waals surface area contributed by atoms with Crippen molar-refractivity contribution >= 4 is 40.1 Å². The zero-order chi connectivity index (χ0) is 16.7. The zero-order valence-electron chi connectivity index (χ0n) is 14.1. The molecule has 0 radical (unpaired) electrons. The Morgan fingerprint density at radius 2 is 1.88 bits per heavy atom. The second-order valence-electron chi connectivity index (χ2n) is 5.28. The van der Waals surface area contributed by atoms with Gasteiger partial charge in [-0.25, -0.2) is 0 Å². The van der Waals surface area contributed by atoms with Crippen molar-refractivity contribution in [3.05, 3.63) is 36.4 Å². The molecule has 1 amide bonds. The quantitative estimate of drug-likeness (QED) is 0.533. The van der Waals surface area contributed by atoms with Crippen LogP contribution in [-0.4, -0.2) is 17.6 Å². The Morgan fingerprint density at radius 1 is 1.12 bits per heavy atom. The number of aliphatic carboxylic acids is 1. The Morgan fingerprint density at radius 3 is 2.58 bits per heavy atom. The molecule has 2 aromatic rings. The van der Waals surface area contributed by atoms with E-state index in [-0.39, 0.29) is 76.6 Å². The fourth-order valence-corrected chi connectivity index (χ4v) is 3.20. The number of hydrogen-bond acceptors (Lipinski definition) is 4. The molecule has 0 aliphatic carbocycles. The Hall–Kier alpha value is -0.374. The molecule has 2 rings (SSSR count). The third-order valence-electron chi connectivity index (χ3n) is 3.40. The van der Waals surface area contributed by atoms with Crippen LogP contribution in [0.2, 0.25) is 0 Å². The van der Waals surface area contributed by atoms with Gasteiger partial charge in [-0.05, 0) is 36.5 Å². The molecule has 0 aliphatic heterocycles. The van der Waals surface area contributed by atoms with Crippen LogP contribution in [0.3, 0.4) is 0 Å². The summed E-state index contributed by atoms with van der Waals surface area (Å²) < 4.78 is 0. The second kappa shape index (κ2) is 11.3. The predicted molar refractivity (Wildman–Crippen MR) is 92.5 cm³/mol. The maximum atomic E-state index is 12.1. The van der Waals surface area contributed by atoms with E-state index in [1.165, 1.54) is 0 Å². The summed E-state index contributed by atoms with van der Waals surface area (Å²) in [6.07, 6.45) is 1.42. The summed E-state index contributed by atoms with van der Waals surface area (Å²) in [5, 5.41) is 15.5. The zero-order valence-corrected chi connectivity index (χ0v) is 18.1. The van der Waals surface area contributed by atoms with Gasteiger partial charge in [0.15, 0.2) is 0 Å². The summed E-state index contributed by atoms with van der Waals surface area (Å²) in [6.45, 7) is 2.12. The molecule has 0 saturated heterocycles. The molecule has 0 aromatic heterocycles. The van der Waals surface area contributed by atoms with E-state index in [0.29, 0.717) is 0 Å². The topological polar surface area (TPSA) is 69.2 Å². The number of rotatable bonds is 8. The van der Waals surface area contributed by atoms with Crippen molar-refractivity contribution in [3.8, 4) is 0 Å². The van der Waals surface area contributed by atoms with Crippen molar-refractivity contribution < 1.29 is 66.1 Å². The number of anilines is 1. The first kappa shape index (κ1) is 21.7. The molecule has 24 heavy (non-hydrogen) atoms. The molecule has 0 saturated carbocycles. The average Bonchev–Trinajstić information content (AvgIpc) is 2.53. The first-order chi connectivity index (χ1) is 11.1. The van der Waals surface area contributed by atoms with Gasteiger partial charge in [0.05, 0.1) is 5.69 Å². The summed E-state index contributed by atoms with van der Waals surface area (Å²) in [5.74, 6) is -0.311. The molecule has 0 bridgehead atoms. The second-order valence-corrected chi connectivity index (χ2v) is 6.42. The average molecular weight is 370 g/mol. The molecule has 0 heterocycles. The van der Waals surface area contributed by atoms with Crippen LogP contribution in [0.1, 0.15) is 32.6 Å². The molecule has 0 spiro atoms. The fraction of sp³-hybridized carbons (Fsp3) is 0.333. The predicted octanol–water partition coefficient (Wildman–Crippen LogP) is 0.205. The fourth-order valence-electron chi connectivity index (χ4n) is 2.31. The van der Waals surface area contributed by atoms with Gasteiger partial charge in [-0.1, -0.05) is 37.3 Å². The van der Waals surface area contributed by atoms with Crippen LogP contribution in [0, 0.1) is 0 Å². The number of carbonyl (C=O) groups is 2. The van der Waals surface area contributed by atoms with Crippen LogP contribution >= 0.6 is 11.8 Å². The third-order valence-corrected chi connectivity index (χ3v) is 4.67. The summed E-state index contributed by atoms with van der Waals surface area (Å²) in [5.41, 5.74) is 0.819. The van der Waals surface area contributed by atoms with Crippen molar-refractivity contribution in [2.45, 2.75) is 37.5 Å². The number of fused-ring (bicyclic) bond motifs is 1. The minimum atomic E-state index is -1.12. The number of nitrogens with one attached hydrogen (secondary N) is 1. The Labute approximate surface area is 189 Å². The Bertz CT molecular complexity index is 706. The largest absolute Gasteiger partial charge is 1.00 e. The smallest absolute Gasteiger partial charge is 0.550 e. The maximum Gasteiger partial charge on any atom is 1.00 e. The van der Waals surface area contributed by atoms with Gasteiger partial charge in [-0.3, -0.25) is 4.79 Å². The van der Waals surface area contributed by atoms with Gasteiger partial charge >= 0.3 is 51.4 Å². The summed E-state index contributed by atoms with van der Waals surface area (Å²) >= 11 is 1.71. The van der Waals surface area contributed by atoms with Crippen molar-refractivity contribution in [1.82, 2.24) is 0 Å². The van der Waals surface area contributed by atoms with E-state index in [0.717, 1.165) is 33.5 Å². The minimum Gasteiger partial charge on any atom is -0.550 e. The van der Waals surface area contributed by atoms with Gasteiger partial charge in [0, 0.05) is 22.7 Å². The van der Waals surface area contributed by atoms with Gasteiger partial charge in [0.1, 0.15) is 0 Å². The first-order valence-corrected chi connectivity index (χ1v) is 8.74. The van der Waals surface area contributed by atoms with E-state index in [4.69, 9.17) is 0 Å². The van der Waals surface area contributed by atoms with Crippen LogP contribution in [-0.2, 0) is 9.59 Å². The maximum absolute atomic E-state index is 12.1. The molecule has 0 atom stereocenters. The minimum absolute atomic E-state index is 0. The number of amides is 1. The van der Waals surface area contributed by atoms with Gasteiger partial charge in [-0.2, -0.15) is 0 Å². The normalized spacial score (nSPS) is 10.2. The van der Waals surface area contributed by atoms with Crippen LogP contribution < -0.4 is 61.8 Å². The molecule has 4 nitrogen and oxygen atoms in total. The van der Waals surface area contributed by atoms with Crippen molar-refractivity contribution in [1.29, 1.82) is 0 Å². The molecule has 1 N–H and O–H groups in total. The number of carbonyl (C=O) groups excluding carboxylic acids is 2. The van der Waals surface area contributed by atoms with E-state index in [9.17, 15) is 14.7 Å². The van der Waals surface area contributed by atoms with E-state index >= 15 is 0 Å². The van der Waals surface area contributed by atoms with Crippen LogP contribution in [0.15, 0.2) is 41.3 Å². The first-order valence-electron chi connectivity index (χ1n) is 7.76. The number of thioether (sulfide) groups is 1. The molecule has 2 aromatic carbocycles. The van der Waals surface area contributed by atoms with E-state index < -0.39 is 5.97 Å². The number of carboxylic acids is 1. The molecule has 0 aliphatic rings. The van der Waals surface area contributed by atoms with E-state index in [2.05, 4.69) is 18.3 Å². The van der Waals surface area contributed by atoms with Gasteiger partial charge in [0.25, 0.3) is 0 Å². The van der Waals surface area contributed by atoms with Gasteiger partial charge < -0.3 is 15.2 Å². The number of hydrogen-bond donors (Lipinski definition) is 1. The summed E-state index contributed by atoms with van der Waals surface area (Å²) in [7, 11) is 0.